The molecule has 5 rings (SSSR count). The van der Waals surface area contributed by atoms with E-state index in [-0.39, 0.29) is 35.1 Å². The van der Waals surface area contributed by atoms with Gasteiger partial charge in [-0.15, -0.1) is 0 Å². The fraction of sp³-hybridized carbons (Fsp3) is 0.259. The number of piperazine rings is 1. The van der Waals surface area contributed by atoms with Gasteiger partial charge in [0.05, 0.1) is 11.1 Å². The van der Waals surface area contributed by atoms with E-state index in [1.54, 1.807) is 24.4 Å². The number of rotatable bonds is 6. The van der Waals surface area contributed by atoms with Crippen LogP contribution in [-0.2, 0) is 12.7 Å². The van der Waals surface area contributed by atoms with Crippen molar-refractivity contribution in [2.24, 2.45) is 0 Å². The summed E-state index contributed by atoms with van der Waals surface area (Å²) in [6.45, 7) is 3.19. The highest BCUT2D eigenvalue weighted by Gasteiger charge is 2.34. The van der Waals surface area contributed by atoms with Gasteiger partial charge >= 0.3 is 6.18 Å². The van der Waals surface area contributed by atoms with Gasteiger partial charge in [-0.25, -0.2) is 9.97 Å². The van der Waals surface area contributed by atoms with Crippen molar-refractivity contribution in [1.29, 1.82) is 0 Å². The Bertz CT molecular complexity index is 1500. The average molecular weight is 538 g/mol. The number of fused-ring (bicyclic) bond motifs is 1. The van der Waals surface area contributed by atoms with Gasteiger partial charge in [0.15, 0.2) is 0 Å². The maximum atomic E-state index is 14.0. The van der Waals surface area contributed by atoms with Crippen LogP contribution in [0.3, 0.4) is 0 Å². The smallest absolute Gasteiger partial charge is 0.416 e. The Morgan fingerprint density at radius 1 is 1.05 bits per heavy atom. The number of nitrogen functional groups attached to an aromatic ring is 1. The first-order valence-corrected chi connectivity index (χ1v) is 12.2. The molecule has 3 heterocycles. The molecule has 0 aliphatic carbocycles. The summed E-state index contributed by atoms with van der Waals surface area (Å²) in [5.74, 6) is 0.360. The number of carbonyl (C=O) groups is 1. The molecule has 0 radical (unpaired) electrons. The predicted octanol–water partition coefficient (Wildman–Crippen LogP) is 4.42. The Kier molecular flexibility index (Phi) is 7.31. The number of hydrogen-bond acceptors (Lipinski definition) is 8. The topological polar surface area (TPSA) is 110 Å². The van der Waals surface area contributed by atoms with Crippen LogP contribution in [0.1, 0.15) is 21.5 Å². The molecule has 0 spiro atoms. The summed E-state index contributed by atoms with van der Waals surface area (Å²) < 4.78 is 47.6. The van der Waals surface area contributed by atoms with Gasteiger partial charge in [-0.05, 0) is 48.3 Å². The number of alkyl halides is 3. The number of nitrogens with zero attached hydrogens (tertiary/aromatic N) is 5. The molecule has 39 heavy (non-hydrogen) atoms. The van der Waals surface area contributed by atoms with Crippen molar-refractivity contribution in [2.45, 2.75) is 12.7 Å². The molecule has 202 valence electrons. The minimum atomic E-state index is -4.56. The minimum absolute atomic E-state index is 0.0489. The number of nitrogens with two attached hydrogens (primary N) is 1. The van der Waals surface area contributed by atoms with Crippen molar-refractivity contribution in [3.63, 3.8) is 0 Å². The maximum Gasteiger partial charge on any atom is 0.416 e. The van der Waals surface area contributed by atoms with Crippen molar-refractivity contribution in [3.8, 4) is 11.6 Å². The van der Waals surface area contributed by atoms with E-state index < -0.39 is 17.6 Å². The Labute approximate surface area is 222 Å². The van der Waals surface area contributed by atoms with Crippen LogP contribution in [0.5, 0.6) is 11.6 Å². The van der Waals surface area contributed by atoms with Crippen LogP contribution in [0.4, 0.5) is 24.7 Å². The normalized spacial score (nSPS) is 14.9. The number of carbonyl (C=O) groups excluding carboxylic acids is 1. The van der Waals surface area contributed by atoms with Gasteiger partial charge in [-0.3, -0.25) is 14.7 Å². The van der Waals surface area contributed by atoms with E-state index >= 15 is 0 Å². The molecular formula is C27H26F3N7O2. The Morgan fingerprint density at radius 3 is 2.59 bits per heavy atom. The number of hydrogen-bond donors (Lipinski definition) is 2. The number of aromatic nitrogens is 3. The summed E-state index contributed by atoms with van der Waals surface area (Å²) in [4.78, 5) is 29.2. The summed E-state index contributed by atoms with van der Waals surface area (Å²) in [5, 5.41) is 3.75. The third-order valence-corrected chi connectivity index (χ3v) is 6.52. The molecule has 2 aromatic heterocycles. The fourth-order valence-corrected chi connectivity index (χ4v) is 4.43. The van der Waals surface area contributed by atoms with Crippen LogP contribution < -0.4 is 15.8 Å². The summed E-state index contributed by atoms with van der Waals surface area (Å²) in [6, 6.07) is 10.4. The molecule has 1 saturated heterocycles. The standard InChI is InChI=1S/C27H26F3N7O2/c1-36-6-8-37(9-7-36)15-17-2-3-19(11-23(17)27(28,29)30)35-26(38)22-14-32-13-18-10-20(4-5-21(18)22)39-25-12-24(31)33-16-34-25/h2-5,10-14,16H,6-9,15H2,1H3,(H,35,38)(H2,31,33,34). The summed E-state index contributed by atoms with van der Waals surface area (Å²) >= 11 is 0. The molecule has 12 heteroatoms. The molecule has 3 N–H and O–H groups in total. The first-order valence-electron chi connectivity index (χ1n) is 12.2. The average Bonchev–Trinajstić information content (AvgIpc) is 2.90. The van der Waals surface area contributed by atoms with Crippen LogP contribution in [0, 0.1) is 0 Å². The maximum absolute atomic E-state index is 14.0. The van der Waals surface area contributed by atoms with Crippen molar-refractivity contribution >= 4 is 28.2 Å². The van der Waals surface area contributed by atoms with E-state index in [1.165, 1.54) is 30.7 Å². The van der Waals surface area contributed by atoms with Gasteiger partial charge < -0.3 is 20.7 Å². The Balaban J connectivity index is 1.36. The lowest BCUT2D eigenvalue weighted by Crippen LogP contribution is -2.44. The largest absolute Gasteiger partial charge is 0.439 e. The Morgan fingerprint density at radius 2 is 1.85 bits per heavy atom. The molecule has 0 bridgehead atoms. The third-order valence-electron chi connectivity index (χ3n) is 6.52. The number of likely N-dealkylation sites (N-methyl/N-ethyl adjacent to an activating group) is 1. The number of benzene rings is 2. The molecule has 0 saturated carbocycles. The van der Waals surface area contributed by atoms with E-state index in [0.29, 0.717) is 29.6 Å². The highest BCUT2D eigenvalue weighted by Crippen LogP contribution is 2.35. The summed E-state index contributed by atoms with van der Waals surface area (Å²) in [5.41, 5.74) is 5.33. The SMILES string of the molecule is CN1CCN(Cc2ccc(NC(=O)c3cncc4cc(Oc5cc(N)ncn5)ccc34)cc2C(F)(F)F)CC1. The molecule has 1 aliphatic heterocycles. The zero-order valence-electron chi connectivity index (χ0n) is 21.1. The first kappa shape index (κ1) is 26.3. The van der Waals surface area contributed by atoms with E-state index in [2.05, 4.69) is 25.2 Å². The minimum Gasteiger partial charge on any atom is -0.439 e. The van der Waals surface area contributed by atoms with Crippen molar-refractivity contribution in [3.05, 3.63) is 77.9 Å². The van der Waals surface area contributed by atoms with Crippen LogP contribution in [0.25, 0.3) is 10.8 Å². The lowest BCUT2D eigenvalue weighted by atomic mass is 10.0. The molecule has 0 atom stereocenters. The molecular weight excluding hydrogens is 511 g/mol. The second-order valence-corrected chi connectivity index (χ2v) is 9.36. The van der Waals surface area contributed by atoms with E-state index in [4.69, 9.17) is 10.5 Å². The summed E-state index contributed by atoms with van der Waals surface area (Å²) in [7, 11) is 1.99. The van der Waals surface area contributed by atoms with Crippen molar-refractivity contribution in [2.75, 3.05) is 44.3 Å². The van der Waals surface area contributed by atoms with Gasteiger partial charge in [-0.2, -0.15) is 13.2 Å². The number of halogens is 3. The molecule has 9 nitrogen and oxygen atoms in total. The summed E-state index contributed by atoms with van der Waals surface area (Å²) in [6.07, 6.45) is -0.356. The molecule has 4 aromatic rings. The van der Waals surface area contributed by atoms with Gasteiger partial charge in [0, 0.05) is 62.3 Å². The molecule has 1 amide bonds. The van der Waals surface area contributed by atoms with E-state index in [9.17, 15) is 18.0 Å². The van der Waals surface area contributed by atoms with Crippen LogP contribution in [0.15, 0.2) is 61.2 Å². The molecule has 1 fully saturated rings. The monoisotopic (exact) mass is 537 g/mol. The number of pyridine rings is 1. The van der Waals surface area contributed by atoms with E-state index in [0.717, 1.165) is 19.2 Å². The lowest BCUT2D eigenvalue weighted by molar-refractivity contribution is -0.138. The molecule has 1 aliphatic rings. The third kappa shape index (κ3) is 6.24. The molecule has 0 unspecified atom stereocenters. The van der Waals surface area contributed by atoms with Gasteiger partial charge in [0.25, 0.3) is 5.91 Å². The van der Waals surface area contributed by atoms with Gasteiger partial charge in [0.1, 0.15) is 17.9 Å². The number of amides is 1. The van der Waals surface area contributed by atoms with Gasteiger partial charge in [-0.1, -0.05) is 6.07 Å². The number of anilines is 2. The quantitative estimate of drug-likeness (QED) is 0.372. The highest BCUT2D eigenvalue weighted by atomic mass is 19.4. The van der Waals surface area contributed by atoms with Crippen LogP contribution in [-0.4, -0.2) is 63.9 Å². The highest BCUT2D eigenvalue weighted by molar-refractivity contribution is 6.12. The van der Waals surface area contributed by atoms with Crippen molar-refractivity contribution in [1.82, 2.24) is 24.8 Å². The second-order valence-electron chi connectivity index (χ2n) is 9.36. The van der Waals surface area contributed by atoms with Gasteiger partial charge in [0.2, 0.25) is 5.88 Å². The van der Waals surface area contributed by atoms with Crippen molar-refractivity contribution < 1.29 is 22.7 Å². The number of nitrogens with one attached hydrogen (secondary N) is 1. The van der Waals surface area contributed by atoms with E-state index in [1.807, 2.05) is 11.9 Å². The molecule has 2 aromatic carbocycles. The zero-order valence-corrected chi connectivity index (χ0v) is 21.1. The first-order chi connectivity index (χ1) is 18.7. The van der Waals surface area contributed by atoms with Crippen LogP contribution >= 0.6 is 0 Å². The van der Waals surface area contributed by atoms with Crippen LogP contribution in [0.2, 0.25) is 0 Å². The zero-order chi connectivity index (χ0) is 27.6. The second kappa shape index (κ2) is 10.8. The lowest BCUT2D eigenvalue weighted by Gasteiger charge is -2.33. The predicted molar refractivity (Wildman–Crippen MR) is 140 cm³/mol. The fourth-order valence-electron chi connectivity index (χ4n) is 4.43. The Hall–Kier alpha value is -4.29. The number of ether oxygens (including phenoxy) is 1.